The topological polar surface area (TPSA) is 67.9 Å². The lowest BCUT2D eigenvalue weighted by Gasteiger charge is -2.28. The van der Waals surface area contributed by atoms with Gasteiger partial charge in [-0.05, 0) is 111 Å². The van der Waals surface area contributed by atoms with Crippen LogP contribution < -0.4 is 4.74 Å². The Kier molecular flexibility index (Phi) is 9.74. The molecule has 1 aliphatic rings. The molecule has 3 aromatic rings. The van der Waals surface area contributed by atoms with Crippen LogP contribution in [0.15, 0.2) is 93.3 Å². The van der Waals surface area contributed by atoms with Crippen molar-refractivity contribution in [3.05, 3.63) is 78.4 Å². The Bertz CT molecular complexity index is 1100. The minimum absolute atomic E-state index is 0.444. The minimum atomic E-state index is 0.444. The summed E-state index contributed by atoms with van der Waals surface area (Å²) in [5, 5.41) is 17.4. The molecule has 0 saturated heterocycles. The van der Waals surface area contributed by atoms with Gasteiger partial charge in [0.15, 0.2) is 0 Å². The van der Waals surface area contributed by atoms with Gasteiger partial charge in [0, 0.05) is 6.61 Å². The first-order valence-corrected chi connectivity index (χ1v) is 13.1. The fraction of sp³-hybridized carbons (Fsp3) is 0.400. The lowest BCUT2D eigenvalue weighted by Crippen LogP contribution is -2.21. The first kappa shape index (κ1) is 25.7. The highest BCUT2D eigenvalue weighted by atomic mass is 16.5. The van der Waals surface area contributed by atoms with Gasteiger partial charge < -0.3 is 9.47 Å². The van der Waals surface area contributed by atoms with Gasteiger partial charge in [-0.3, -0.25) is 0 Å². The highest BCUT2D eigenvalue weighted by Crippen LogP contribution is 2.35. The first-order valence-electron chi connectivity index (χ1n) is 13.1. The monoisotopic (exact) mass is 484 g/mol. The van der Waals surface area contributed by atoms with Crippen molar-refractivity contribution >= 4 is 22.7 Å². The smallest absolute Gasteiger partial charge is 0.119 e. The second-order valence-corrected chi connectivity index (χ2v) is 9.19. The summed E-state index contributed by atoms with van der Waals surface area (Å²) in [6, 6.07) is 23.7. The molecule has 0 aliphatic heterocycles. The molecule has 1 aliphatic carbocycles. The number of nitrogens with zero attached hydrogens (tertiary/aromatic N) is 4. The van der Waals surface area contributed by atoms with E-state index >= 15 is 0 Å². The Morgan fingerprint density at radius 3 is 1.50 bits per heavy atom. The predicted octanol–water partition coefficient (Wildman–Crippen LogP) is 9.76. The van der Waals surface area contributed by atoms with Gasteiger partial charge in [0.25, 0.3) is 0 Å². The molecule has 3 aromatic carbocycles. The van der Waals surface area contributed by atoms with Crippen LogP contribution in [-0.2, 0) is 4.74 Å². The van der Waals surface area contributed by atoms with E-state index in [1.54, 1.807) is 0 Å². The SMILES string of the molecule is CCCOc1ccc(N=Nc2ccc(N=Nc3ccc(C4CCC(OCCC)CC4)cc3)cc2)cc1. The van der Waals surface area contributed by atoms with E-state index in [2.05, 4.69) is 58.6 Å². The maximum atomic E-state index is 5.92. The molecule has 0 bridgehead atoms. The molecule has 6 nitrogen and oxygen atoms in total. The number of ether oxygens (including phenoxy) is 2. The van der Waals surface area contributed by atoms with Crippen LogP contribution in [-0.4, -0.2) is 19.3 Å². The van der Waals surface area contributed by atoms with Crippen LogP contribution in [0.5, 0.6) is 5.75 Å². The molecule has 188 valence electrons. The van der Waals surface area contributed by atoms with Gasteiger partial charge in [-0.1, -0.05) is 26.0 Å². The van der Waals surface area contributed by atoms with Crippen molar-refractivity contribution in [3.8, 4) is 5.75 Å². The number of benzene rings is 3. The summed E-state index contributed by atoms with van der Waals surface area (Å²) < 4.78 is 11.5. The molecule has 6 heteroatoms. The molecular formula is C30H36N4O2. The molecule has 0 spiro atoms. The molecule has 0 radical (unpaired) electrons. The zero-order chi connectivity index (χ0) is 25.0. The average Bonchev–Trinajstić information content (AvgIpc) is 2.94. The van der Waals surface area contributed by atoms with Gasteiger partial charge in [-0.2, -0.15) is 20.5 Å². The summed E-state index contributed by atoms with van der Waals surface area (Å²) in [6.45, 7) is 5.85. The summed E-state index contributed by atoms with van der Waals surface area (Å²) in [5.41, 5.74) is 4.57. The molecule has 1 fully saturated rings. The van der Waals surface area contributed by atoms with E-state index in [4.69, 9.17) is 9.47 Å². The maximum absolute atomic E-state index is 5.92. The molecule has 0 unspecified atom stereocenters. The standard InChI is InChI=1S/C30H36N4O2/c1-3-21-35-29-17-7-24(8-18-29)23-5-9-25(10-6-23)31-32-26-11-13-27(14-12-26)33-34-28-15-19-30(20-16-28)36-22-4-2/h5-6,9-16,19-20,24,29H,3-4,7-8,17-18,21-22H2,1-2H3. The highest BCUT2D eigenvalue weighted by Gasteiger charge is 2.22. The zero-order valence-corrected chi connectivity index (χ0v) is 21.3. The Hall–Kier alpha value is -3.38. The van der Waals surface area contributed by atoms with Gasteiger partial charge in [0.2, 0.25) is 0 Å². The van der Waals surface area contributed by atoms with E-state index in [9.17, 15) is 0 Å². The van der Waals surface area contributed by atoms with Crippen molar-refractivity contribution < 1.29 is 9.47 Å². The number of azo groups is 2. The normalized spacial score (nSPS) is 18.2. The van der Waals surface area contributed by atoms with E-state index in [0.29, 0.717) is 18.6 Å². The minimum Gasteiger partial charge on any atom is -0.494 e. The van der Waals surface area contributed by atoms with E-state index in [-0.39, 0.29) is 0 Å². The third-order valence-corrected chi connectivity index (χ3v) is 6.32. The van der Waals surface area contributed by atoms with Crippen LogP contribution in [0.2, 0.25) is 0 Å². The van der Waals surface area contributed by atoms with Gasteiger partial charge >= 0.3 is 0 Å². The van der Waals surface area contributed by atoms with Crippen molar-refractivity contribution in [2.75, 3.05) is 13.2 Å². The molecule has 4 rings (SSSR count). The maximum Gasteiger partial charge on any atom is 0.119 e. The van der Waals surface area contributed by atoms with Crippen LogP contribution in [0.3, 0.4) is 0 Å². The van der Waals surface area contributed by atoms with E-state index < -0.39 is 0 Å². The predicted molar refractivity (Wildman–Crippen MR) is 145 cm³/mol. The summed E-state index contributed by atoms with van der Waals surface area (Å²) in [4.78, 5) is 0. The van der Waals surface area contributed by atoms with Gasteiger partial charge in [-0.25, -0.2) is 0 Å². The first-order chi connectivity index (χ1) is 17.7. The van der Waals surface area contributed by atoms with Gasteiger partial charge in [-0.15, -0.1) is 0 Å². The summed E-state index contributed by atoms with van der Waals surface area (Å²) in [5.74, 6) is 1.46. The Morgan fingerprint density at radius 2 is 1.03 bits per heavy atom. The van der Waals surface area contributed by atoms with Gasteiger partial charge in [0.05, 0.1) is 35.5 Å². The van der Waals surface area contributed by atoms with Crippen LogP contribution in [0.1, 0.15) is 63.9 Å². The molecule has 0 heterocycles. The number of hydrogen-bond donors (Lipinski definition) is 0. The van der Waals surface area contributed by atoms with Crippen molar-refractivity contribution in [3.63, 3.8) is 0 Å². The molecule has 0 N–H and O–H groups in total. The van der Waals surface area contributed by atoms with E-state index in [0.717, 1.165) is 60.8 Å². The number of rotatable bonds is 11. The zero-order valence-electron chi connectivity index (χ0n) is 21.3. The Labute approximate surface area is 214 Å². The quantitative estimate of drug-likeness (QED) is 0.254. The Morgan fingerprint density at radius 1 is 0.583 bits per heavy atom. The van der Waals surface area contributed by atoms with Crippen LogP contribution >= 0.6 is 0 Å². The fourth-order valence-electron chi connectivity index (χ4n) is 4.31. The van der Waals surface area contributed by atoms with Crippen molar-refractivity contribution in [2.45, 2.75) is 64.4 Å². The molecule has 1 saturated carbocycles. The Balaban J connectivity index is 1.27. The van der Waals surface area contributed by atoms with Crippen molar-refractivity contribution in [1.82, 2.24) is 0 Å². The third kappa shape index (κ3) is 7.82. The fourth-order valence-corrected chi connectivity index (χ4v) is 4.31. The largest absolute Gasteiger partial charge is 0.494 e. The summed E-state index contributed by atoms with van der Waals surface area (Å²) in [7, 11) is 0. The van der Waals surface area contributed by atoms with Crippen molar-refractivity contribution in [2.24, 2.45) is 20.5 Å². The van der Waals surface area contributed by atoms with Gasteiger partial charge in [0.1, 0.15) is 5.75 Å². The second kappa shape index (κ2) is 13.6. The molecule has 36 heavy (non-hydrogen) atoms. The molecular weight excluding hydrogens is 448 g/mol. The number of hydrogen-bond acceptors (Lipinski definition) is 6. The van der Waals surface area contributed by atoms with E-state index in [1.165, 1.54) is 18.4 Å². The lowest BCUT2D eigenvalue weighted by molar-refractivity contribution is 0.0251. The van der Waals surface area contributed by atoms with Crippen LogP contribution in [0, 0.1) is 0 Å². The average molecular weight is 485 g/mol. The second-order valence-electron chi connectivity index (χ2n) is 9.19. The van der Waals surface area contributed by atoms with Crippen LogP contribution in [0.4, 0.5) is 22.7 Å². The van der Waals surface area contributed by atoms with E-state index in [1.807, 2.05) is 48.5 Å². The summed E-state index contributed by atoms with van der Waals surface area (Å²) in [6.07, 6.45) is 7.22. The molecule has 0 amide bonds. The molecule has 0 atom stereocenters. The third-order valence-electron chi connectivity index (χ3n) is 6.32. The highest BCUT2D eigenvalue weighted by molar-refractivity contribution is 5.48. The lowest BCUT2D eigenvalue weighted by atomic mass is 9.82. The van der Waals surface area contributed by atoms with Crippen molar-refractivity contribution in [1.29, 1.82) is 0 Å². The molecule has 0 aromatic heterocycles. The summed E-state index contributed by atoms with van der Waals surface area (Å²) >= 11 is 0. The van der Waals surface area contributed by atoms with Crippen LogP contribution in [0.25, 0.3) is 0 Å².